The fourth-order valence-corrected chi connectivity index (χ4v) is 3.59. The number of hydrogen-bond donors (Lipinski definition) is 1. The van der Waals surface area contributed by atoms with Crippen molar-refractivity contribution in [2.75, 3.05) is 7.11 Å². The van der Waals surface area contributed by atoms with E-state index in [1.807, 2.05) is 56.8 Å². The maximum Gasteiger partial charge on any atom is 0.220 e. The van der Waals surface area contributed by atoms with Crippen LogP contribution in [0.4, 0.5) is 0 Å². The Labute approximate surface area is 176 Å². The van der Waals surface area contributed by atoms with Crippen LogP contribution in [0.3, 0.4) is 0 Å². The summed E-state index contributed by atoms with van der Waals surface area (Å²) >= 11 is 0. The number of aryl methyl sites for hydroxylation is 5. The average Bonchev–Trinajstić information content (AvgIpc) is 3.28. The van der Waals surface area contributed by atoms with Gasteiger partial charge in [0.1, 0.15) is 5.75 Å². The van der Waals surface area contributed by atoms with Gasteiger partial charge in [-0.25, -0.2) is 0 Å². The van der Waals surface area contributed by atoms with Crippen LogP contribution in [0.5, 0.6) is 5.75 Å². The second kappa shape index (κ2) is 9.56. The molecule has 1 atom stereocenters. The van der Waals surface area contributed by atoms with Crippen LogP contribution in [0, 0.1) is 13.8 Å². The lowest BCUT2D eigenvalue weighted by atomic mass is 10.1. The molecule has 3 aromatic rings. The molecule has 160 valence electrons. The molecule has 0 radical (unpaired) electrons. The van der Waals surface area contributed by atoms with Crippen LogP contribution in [-0.4, -0.2) is 33.0 Å². The van der Waals surface area contributed by atoms with Gasteiger partial charge in [-0.05, 0) is 44.9 Å². The van der Waals surface area contributed by atoms with E-state index in [0.717, 1.165) is 34.7 Å². The van der Waals surface area contributed by atoms with Gasteiger partial charge in [0, 0.05) is 37.6 Å². The van der Waals surface area contributed by atoms with E-state index in [9.17, 15) is 4.79 Å². The molecule has 1 aromatic carbocycles. The molecule has 3 rings (SSSR count). The van der Waals surface area contributed by atoms with E-state index in [2.05, 4.69) is 20.6 Å². The van der Waals surface area contributed by atoms with Gasteiger partial charge in [-0.3, -0.25) is 9.48 Å². The van der Waals surface area contributed by atoms with Crippen LogP contribution >= 0.6 is 0 Å². The lowest BCUT2D eigenvalue weighted by Crippen LogP contribution is -2.27. The highest BCUT2D eigenvalue weighted by Crippen LogP contribution is 2.21. The fourth-order valence-electron chi connectivity index (χ4n) is 3.59. The summed E-state index contributed by atoms with van der Waals surface area (Å²) in [6, 6.07) is 7.80. The average molecular weight is 412 g/mol. The van der Waals surface area contributed by atoms with E-state index < -0.39 is 0 Å². The number of nitrogens with zero attached hydrogens (tertiary/aromatic N) is 4. The molecule has 0 spiro atoms. The van der Waals surface area contributed by atoms with Gasteiger partial charge < -0.3 is 14.5 Å². The van der Waals surface area contributed by atoms with Gasteiger partial charge >= 0.3 is 0 Å². The SMILES string of the molecule is COc1cccc(CCc2nnc(CCC(=O)N[C@@H](C)c3c(C)nn(C)c3C)o2)c1. The van der Waals surface area contributed by atoms with Gasteiger partial charge in [0.2, 0.25) is 17.7 Å². The van der Waals surface area contributed by atoms with Crippen LogP contribution < -0.4 is 10.1 Å². The zero-order valence-corrected chi connectivity index (χ0v) is 18.2. The highest BCUT2D eigenvalue weighted by atomic mass is 16.5. The topological polar surface area (TPSA) is 95.1 Å². The number of rotatable bonds is 9. The Morgan fingerprint density at radius 1 is 1.20 bits per heavy atom. The lowest BCUT2D eigenvalue weighted by Gasteiger charge is -2.14. The molecule has 2 heterocycles. The summed E-state index contributed by atoms with van der Waals surface area (Å²) in [6.07, 6.45) is 2.12. The van der Waals surface area contributed by atoms with E-state index in [0.29, 0.717) is 31.0 Å². The fraction of sp³-hybridized carbons (Fsp3) is 0.455. The zero-order valence-electron chi connectivity index (χ0n) is 18.2. The molecule has 2 aromatic heterocycles. The number of ether oxygens (including phenoxy) is 1. The van der Waals surface area contributed by atoms with Crippen LogP contribution in [0.2, 0.25) is 0 Å². The monoisotopic (exact) mass is 411 g/mol. The minimum absolute atomic E-state index is 0.0544. The molecule has 30 heavy (non-hydrogen) atoms. The van der Waals surface area contributed by atoms with Crippen molar-refractivity contribution in [1.29, 1.82) is 0 Å². The number of carbonyl (C=O) groups excluding carboxylic acids is 1. The molecule has 1 N–H and O–H groups in total. The van der Waals surface area contributed by atoms with Gasteiger partial charge in [-0.1, -0.05) is 12.1 Å². The van der Waals surface area contributed by atoms with Crippen molar-refractivity contribution in [2.45, 2.75) is 52.5 Å². The Balaban J connectivity index is 1.48. The number of benzene rings is 1. The van der Waals surface area contributed by atoms with Gasteiger partial charge in [0.25, 0.3) is 0 Å². The van der Waals surface area contributed by atoms with Crippen molar-refractivity contribution in [1.82, 2.24) is 25.3 Å². The normalized spacial score (nSPS) is 12.0. The number of carbonyl (C=O) groups is 1. The van der Waals surface area contributed by atoms with Gasteiger partial charge in [0.05, 0.1) is 18.8 Å². The maximum atomic E-state index is 12.4. The third kappa shape index (κ3) is 5.25. The molecular formula is C22H29N5O3. The summed E-state index contributed by atoms with van der Waals surface area (Å²) in [7, 11) is 3.56. The quantitative estimate of drug-likeness (QED) is 0.582. The minimum Gasteiger partial charge on any atom is -0.497 e. The Bertz CT molecular complexity index is 1010. The highest BCUT2D eigenvalue weighted by molar-refractivity contribution is 5.76. The highest BCUT2D eigenvalue weighted by Gasteiger charge is 2.18. The second-order valence-corrected chi connectivity index (χ2v) is 7.44. The predicted octanol–water partition coefficient (Wildman–Crippen LogP) is 3.02. The van der Waals surface area contributed by atoms with Gasteiger partial charge in [-0.2, -0.15) is 5.10 Å². The Morgan fingerprint density at radius 3 is 2.60 bits per heavy atom. The standard InChI is InChI=1S/C22H29N5O3/c1-14(22-15(2)26-27(4)16(22)3)23-19(28)10-12-21-25-24-20(30-21)11-9-17-7-6-8-18(13-17)29-5/h6-8,13-14H,9-12H2,1-5H3,(H,23,28)/t14-/m0/s1. The summed E-state index contributed by atoms with van der Waals surface area (Å²) in [5.74, 6) is 1.83. The first kappa shape index (κ1) is 21.5. The molecular weight excluding hydrogens is 382 g/mol. The van der Waals surface area contributed by atoms with E-state index in [1.165, 1.54) is 0 Å². The van der Waals surface area contributed by atoms with E-state index in [4.69, 9.17) is 9.15 Å². The largest absolute Gasteiger partial charge is 0.497 e. The molecule has 0 aliphatic heterocycles. The third-order valence-corrected chi connectivity index (χ3v) is 5.21. The Morgan fingerprint density at radius 2 is 1.93 bits per heavy atom. The van der Waals surface area contributed by atoms with Crippen LogP contribution in [-0.2, 0) is 31.1 Å². The van der Waals surface area contributed by atoms with Crippen LogP contribution in [0.1, 0.15) is 53.7 Å². The van der Waals surface area contributed by atoms with Crippen molar-refractivity contribution in [3.63, 3.8) is 0 Å². The summed E-state index contributed by atoms with van der Waals surface area (Å²) in [5, 5.41) is 15.6. The molecule has 8 heteroatoms. The van der Waals surface area contributed by atoms with Gasteiger partial charge in [-0.15, -0.1) is 10.2 Å². The number of amides is 1. The zero-order chi connectivity index (χ0) is 21.7. The number of hydrogen-bond acceptors (Lipinski definition) is 6. The number of aromatic nitrogens is 4. The predicted molar refractivity (Wildman–Crippen MR) is 112 cm³/mol. The Kier molecular flexibility index (Phi) is 6.87. The van der Waals surface area contributed by atoms with Crippen molar-refractivity contribution < 1.29 is 13.9 Å². The molecule has 0 unspecified atom stereocenters. The summed E-state index contributed by atoms with van der Waals surface area (Å²) in [6.45, 7) is 5.93. The van der Waals surface area contributed by atoms with E-state index in [1.54, 1.807) is 7.11 Å². The second-order valence-electron chi connectivity index (χ2n) is 7.44. The number of methoxy groups -OCH3 is 1. The molecule has 0 bridgehead atoms. The first-order valence-electron chi connectivity index (χ1n) is 10.1. The third-order valence-electron chi connectivity index (χ3n) is 5.21. The first-order valence-corrected chi connectivity index (χ1v) is 10.1. The summed E-state index contributed by atoms with van der Waals surface area (Å²) in [5.41, 5.74) is 4.19. The molecule has 0 aliphatic carbocycles. The molecule has 0 fully saturated rings. The molecule has 0 saturated heterocycles. The smallest absolute Gasteiger partial charge is 0.220 e. The van der Waals surface area contributed by atoms with E-state index in [-0.39, 0.29) is 11.9 Å². The summed E-state index contributed by atoms with van der Waals surface area (Å²) in [4.78, 5) is 12.4. The molecule has 0 aliphatic rings. The lowest BCUT2D eigenvalue weighted by molar-refractivity contribution is -0.121. The van der Waals surface area contributed by atoms with Crippen molar-refractivity contribution >= 4 is 5.91 Å². The van der Waals surface area contributed by atoms with Crippen molar-refractivity contribution in [3.8, 4) is 5.75 Å². The maximum absolute atomic E-state index is 12.4. The van der Waals surface area contributed by atoms with Crippen LogP contribution in [0.15, 0.2) is 28.7 Å². The van der Waals surface area contributed by atoms with E-state index >= 15 is 0 Å². The molecule has 1 amide bonds. The van der Waals surface area contributed by atoms with Gasteiger partial charge in [0.15, 0.2) is 0 Å². The minimum atomic E-state index is -0.104. The van der Waals surface area contributed by atoms with Crippen molar-refractivity contribution in [3.05, 3.63) is 58.6 Å². The summed E-state index contributed by atoms with van der Waals surface area (Å²) < 4.78 is 12.8. The number of nitrogens with one attached hydrogen (secondary N) is 1. The first-order chi connectivity index (χ1) is 14.4. The molecule has 8 nitrogen and oxygen atoms in total. The molecule has 0 saturated carbocycles. The van der Waals surface area contributed by atoms with Crippen LogP contribution in [0.25, 0.3) is 0 Å². The Hall–Kier alpha value is -3.16. The van der Waals surface area contributed by atoms with Crippen molar-refractivity contribution in [2.24, 2.45) is 7.05 Å².